The second-order valence-electron chi connectivity index (χ2n) is 3.68. The fourth-order valence-corrected chi connectivity index (χ4v) is 1.53. The predicted octanol–water partition coefficient (Wildman–Crippen LogP) is 1.94. The molecule has 0 aliphatic heterocycles. The van der Waals surface area contributed by atoms with Gasteiger partial charge in [-0.05, 0) is 12.5 Å². The van der Waals surface area contributed by atoms with E-state index in [1.54, 1.807) is 12.4 Å². The predicted molar refractivity (Wildman–Crippen MR) is 74.3 cm³/mol. The molecule has 0 radical (unpaired) electrons. The van der Waals surface area contributed by atoms with E-state index in [-0.39, 0.29) is 0 Å². The van der Waals surface area contributed by atoms with E-state index in [1.807, 2.05) is 6.07 Å². The summed E-state index contributed by atoms with van der Waals surface area (Å²) in [5, 5.41) is 3.22. The van der Waals surface area contributed by atoms with E-state index < -0.39 is 0 Å². The molecule has 1 heterocycles. The van der Waals surface area contributed by atoms with Gasteiger partial charge >= 0.3 is 0 Å². The second kappa shape index (κ2) is 7.97. The van der Waals surface area contributed by atoms with Gasteiger partial charge < -0.3 is 15.8 Å². The molecule has 0 saturated heterocycles. The molecule has 3 N–H and O–H groups in total. The lowest BCUT2D eigenvalue weighted by Crippen LogP contribution is -2.16. The number of nitrogens with one attached hydrogen (secondary N) is 1. The highest BCUT2D eigenvalue weighted by Gasteiger charge is 2.03. The molecule has 0 saturated carbocycles. The third-order valence-electron chi connectivity index (χ3n) is 2.29. The Balaban J connectivity index is 2.34. The van der Waals surface area contributed by atoms with Crippen molar-refractivity contribution in [3.05, 3.63) is 24.0 Å². The maximum absolute atomic E-state index is 5.62. The lowest BCUT2D eigenvalue weighted by atomic mass is 10.2. The molecule has 0 unspecified atom stereocenters. The van der Waals surface area contributed by atoms with Crippen molar-refractivity contribution in [2.75, 3.05) is 25.1 Å². The van der Waals surface area contributed by atoms with Crippen molar-refractivity contribution >= 4 is 22.9 Å². The summed E-state index contributed by atoms with van der Waals surface area (Å²) in [6.45, 7) is 4.36. The number of aromatic nitrogens is 1. The van der Waals surface area contributed by atoms with E-state index >= 15 is 0 Å². The number of hydrogen-bond acceptors (Lipinski definition) is 4. The first-order valence-corrected chi connectivity index (χ1v) is 6.22. The van der Waals surface area contributed by atoms with Crippen LogP contribution in [0.25, 0.3) is 0 Å². The highest BCUT2D eigenvalue weighted by molar-refractivity contribution is 7.80. The van der Waals surface area contributed by atoms with Gasteiger partial charge in [-0.25, -0.2) is 0 Å². The first kappa shape index (κ1) is 13.9. The SMILES string of the molecule is CCCCOCCNc1cnccc1C(N)=S. The van der Waals surface area contributed by atoms with Crippen LogP contribution in [0.15, 0.2) is 18.5 Å². The molecule has 0 aliphatic carbocycles. The van der Waals surface area contributed by atoms with E-state index in [1.165, 1.54) is 0 Å². The minimum atomic E-state index is 0.377. The van der Waals surface area contributed by atoms with Crippen molar-refractivity contribution < 1.29 is 4.74 Å². The summed E-state index contributed by atoms with van der Waals surface area (Å²) in [7, 11) is 0. The highest BCUT2D eigenvalue weighted by atomic mass is 32.1. The van der Waals surface area contributed by atoms with Gasteiger partial charge in [-0.1, -0.05) is 25.6 Å². The van der Waals surface area contributed by atoms with Crippen molar-refractivity contribution in [3.8, 4) is 0 Å². The summed E-state index contributed by atoms with van der Waals surface area (Å²) in [5.74, 6) is 0. The molecule has 0 fully saturated rings. The molecular weight excluding hydrogens is 234 g/mol. The van der Waals surface area contributed by atoms with E-state index in [0.717, 1.165) is 37.2 Å². The zero-order valence-electron chi connectivity index (χ0n) is 10.1. The Bertz CT molecular complexity index is 357. The maximum atomic E-state index is 5.62. The Hall–Kier alpha value is -1.20. The summed E-state index contributed by atoms with van der Waals surface area (Å²) in [5.41, 5.74) is 7.30. The smallest absolute Gasteiger partial charge is 0.106 e. The average molecular weight is 253 g/mol. The van der Waals surface area contributed by atoms with Crippen LogP contribution in [-0.4, -0.2) is 29.7 Å². The number of rotatable bonds is 8. The Kier molecular flexibility index (Phi) is 6.50. The minimum absolute atomic E-state index is 0.377. The molecule has 17 heavy (non-hydrogen) atoms. The molecule has 1 rings (SSSR count). The van der Waals surface area contributed by atoms with Gasteiger partial charge in [-0.15, -0.1) is 0 Å². The topological polar surface area (TPSA) is 60.2 Å². The summed E-state index contributed by atoms with van der Waals surface area (Å²) in [6, 6.07) is 1.81. The van der Waals surface area contributed by atoms with Gasteiger partial charge in [0.1, 0.15) is 4.99 Å². The Morgan fingerprint density at radius 1 is 1.53 bits per heavy atom. The van der Waals surface area contributed by atoms with Gasteiger partial charge in [0.05, 0.1) is 18.5 Å². The zero-order valence-corrected chi connectivity index (χ0v) is 10.9. The number of nitrogens with zero attached hydrogens (tertiary/aromatic N) is 1. The molecule has 0 aromatic carbocycles. The van der Waals surface area contributed by atoms with Crippen LogP contribution in [0.2, 0.25) is 0 Å². The molecule has 0 spiro atoms. The molecule has 1 aromatic heterocycles. The maximum Gasteiger partial charge on any atom is 0.106 e. The first-order valence-electron chi connectivity index (χ1n) is 5.81. The Morgan fingerprint density at radius 3 is 3.06 bits per heavy atom. The fourth-order valence-electron chi connectivity index (χ4n) is 1.36. The van der Waals surface area contributed by atoms with E-state index in [2.05, 4.69) is 17.2 Å². The third-order valence-corrected chi connectivity index (χ3v) is 2.51. The van der Waals surface area contributed by atoms with Crippen LogP contribution in [0, 0.1) is 0 Å². The summed E-state index contributed by atoms with van der Waals surface area (Å²) >= 11 is 4.96. The largest absolute Gasteiger partial charge is 0.389 e. The highest BCUT2D eigenvalue weighted by Crippen LogP contribution is 2.12. The van der Waals surface area contributed by atoms with Crippen molar-refractivity contribution in [1.29, 1.82) is 0 Å². The van der Waals surface area contributed by atoms with Gasteiger partial charge in [0.15, 0.2) is 0 Å². The van der Waals surface area contributed by atoms with Gasteiger partial charge in [-0.2, -0.15) is 0 Å². The van der Waals surface area contributed by atoms with Crippen LogP contribution in [0.4, 0.5) is 5.69 Å². The first-order chi connectivity index (χ1) is 8.25. The minimum Gasteiger partial charge on any atom is -0.389 e. The van der Waals surface area contributed by atoms with Crippen LogP contribution in [0.5, 0.6) is 0 Å². The number of ether oxygens (including phenoxy) is 1. The molecule has 4 nitrogen and oxygen atoms in total. The number of unbranched alkanes of at least 4 members (excludes halogenated alkanes) is 1. The second-order valence-corrected chi connectivity index (χ2v) is 4.12. The zero-order chi connectivity index (χ0) is 12.5. The van der Waals surface area contributed by atoms with Crippen molar-refractivity contribution in [3.63, 3.8) is 0 Å². The van der Waals surface area contributed by atoms with Crippen LogP contribution in [-0.2, 0) is 4.74 Å². The monoisotopic (exact) mass is 253 g/mol. The fraction of sp³-hybridized carbons (Fsp3) is 0.500. The standard InChI is InChI=1S/C12H19N3OS/c1-2-3-7-16-8-6-15-11-9-14-5-4-10(11)12(13)17/h4-5,9,15H,2-3,6-8H2,1H3,(H2,13,17). The molecule has 94 valence electrons. The van der Waals surface area contributed by atoms with Crippen LogP contribution < -0.4 is 11.1 Å². The molecule has 5 heteroatoms. The molecular formula is C12H19N3OS. The summed E-state index contributed by atoms with van der Waals surface area (Å²) < 4.78 is 5.45. The Morgan fingerprint density at radius 2 is 2.35 bits per heavy atom. The van der Waals surface area contributed by atoms with Gasteiger partial charge in [0.2, 0.25) is 0 Å². The number of anilines is 1. The molecule has 1 aromatic rings. The lowest BCUT2D eigenvalue weighted by Gasteiger charge is -2.10. The number of pyridine rings is 1. The van der Waals surface area contributed by atoms with Gasteiger partial charge in [-0.3, -0.25) is 4.98 Å². The van der Waals surface area contributed by atoms with Crippen molar-refractivity contribution in [1.82, 2.24) is 4.98 Å². The van der Waals surface area contributed by atoms with Gasteiger partial charge in [0, 0.05) is 24.9 Å². The van der Waals surface area contributed by atoms with Crippen molar-refractivity contribution in [2.45, 2.75) is 19.8 Å². The van der Waals surface area contributed by atoms with E-state index in [4.69, 9.17) is 22.7 Å². The third kappa shape index (κ3) is 5.10. The molecule has 0 amide bonds. The molecule has 0 aliphatic rings. The summed E-state index contributed by atoms with van der Waals surface area (Å²) in [4.78, 5) is 4.41. The van der Waals surface area contributed by atoms with Crippen molar-refractivity contribution in [2.24, 2.45) is 5.73 Å². The van der Waals surface area contributed by atoms with E-state index in [9.17, 15) is 0 Å². The van der Waals surface area contributed by atoms with Gasteiger partial charge in [0.25, 0.3) is 0 Å². The molecule has 0 bridgehead atoms. The average Bonchev–Trinajstić information content (AvgIpc) is 2.34. The normalized spacial score (nSPS) is 10.2. The number of hydrogen-bond donors (Lipinski definition) is 2. The lowest BCUT2D eigenvalue weighted by molar-refractivity contribution is 0.141. The Labute approximate surface area is 108 Å². The number of nitrogens with two attached hydrogens (primary N) is 1. The van der Waals surface area contributed by atoms with Crippen LogP contribution in [0.1, 0.15) is 25.3 Å². The van der Waals surface area contributed by atoms with E-state index in [0.29, 0.717) is 11.6 Å². The quantitative estimate of drug-likeness (QED) is 0.548. The van der Waals surface area contributed by atoms with Crippen LogP contribution in [0.3, 0.4) is 0 Å². The molecule has 0 atom stereocenters. The van der Waals surface area contributed by atoms with Crippen LogP contribution >= 0.6 is 12.2 Å². The number of thiocarbonyl (C=S) groups is 1. The summed E-state index contributed by atoms with van der Waals surface area (Å²) in [6.07, 6.45) is 5.66.